The van der Waals surface area contributed by atoms with Gasteiger partial charge in [0.25, 0.3) is 0 Å². The van der Waals surface area contributed by atoms with Gasteiger partial charge >= 0.3 is 6.18 Å². The van der Waals surface area contributed by atoms with Gasteiger partial charge in [-0.1, -0.05) is 12.1 Å². The second-order valence-corrected chi connectivity index (χ2v) is 6.57. The molecule has 1 atom stereocenters. The molecule has 0 amide bonds. The van der Waals surface area contributed by atoms with Crippen molar-refractivity contribution in [2.45, 2.75) is 25.6 Å². The van der Waals surface area contributed by atoms with Crippen molar-refractivity contribution in [1.29, 1.82) is 0 Å². The Morgan fingerprint density at radius 1 is 1.38 bits per heavy atom. The molecule has 2 fully saturated rings. The summed E-state index contributed by atoms with van der Waals surface area (Å²) in [4.78, 5) is 6.45. The molecule has 0 aromatic heterocycles. The van der Waals surface area contributed by atoms with Crippen LogP contribution in [0.3, 0.4) is 0 Å². The van der Waals surface area contributed by atoms with Gasteiger partial charge in [-0.15, -0.1) is 0 Å². The van der Waals surface area contributed by atoms with E-state index in [0.29, 0.717) is 12.1 Å². The van der Waals surface area contributed by atoms with E-state index in [2.05, 4.69) is 15.2 Å². The number of ether oxygens (including phenoxy) is 1. The zero-order valence-corrected chi connectivity index (χ0v) is 13.7. The van der Waals surface area contributed by atoms with Gasteiger partial charge in [0, 0.05) is 38.7 Å². The van der Waals surface area contributed by atoms with E-state index >= 15 is 0 Å². The van der Waals surface area contributed by atoms with Crippen LogP contribution in [-0.2, 0) is 17.5 Å². The van der Waals surface area contributed by atoms with Gasteiger partial charge in [-0.2, -0.15) is 13.2 Å². The molecule has 7 heteroatoms. The maximum absolute atomic E-state index is 12.8. The lowest BCUT2D eigenvalue weighted by molar-refractivity contribution is -0.137. The Morgan fingerprint density at radius 2 is 2.21 bits per heavy atom. The van der Waals surface area contributed by atoms with Gasteiger partial charge in [0.15, 0.2) is 5.96 Å². The predicted octanol–water partition coefficient (Wildman–Crippen LogP) is 2.89. The molecule has 1 N–H and O–H groups in total. The molecule has 2 heterocycles. The van der Waals surface area contributed by atoms with Crippen molar-refractivity contribution < 1.29 is 17.9 Å². The standard InChI is InChI=1S/C17H22F3N3O/c1-21-15(23-7-5-16(11-23)6-8-24-12-16)22-10-13-3-2-4-14(9-13)17(18,19)20/h2-4,9H,5-8,10-12H2,1H3,(H,21,22). The number of hydrogen-bond donors (Lipinski definition) is 1. The number of halogens is 3. The molecule has 2 aliphatic heterocycles. The summed E-state index contributed by atoms with van der Waals surface area (Å²) in [5.41, 5.74) is 0.178. The van der Waals surface area contributed by atoms with Crippen molar-refractivity contribution in [3.05, 3.63) is 35.4 Å². The normalized spacial score (nSPS) is 24.8. The van der Waals surface area contributed by atoms with Crippen molar-refractivity contribution in [3.63, 3.8) is 0 Å². The lowest BCUT2D eigenvalue weighted by atomic mass is 9.87. The number of benzene rings is 1. The van der Waals surface area contributed by atoms with Crippen LogP contribution in [0.15, 0.2) is 29.3 Å². The highest BCUT2D eigenvalue weighted by molar-refractivity contribution is 5.80. The first-order valence-corrected chi connectivity index (χ1v) is 8.11. The second-order valence-electron chi connectivity index (χ2n) is 6.57. The van der Waals surface area contributed by atoms with Crippen LogP contribution in [0.5, 0.6) is 0 Å². The van der Waals surface area contributed by atoms with Crippen molar-refractivity contribution in [1.82, 2.24) is 10.2 Å². The number of rotatable bonds is 2. The topological polar surface area (TPSA) is 36.9 Å². The fraction of sp³-hybridized carbons (Fsp3) is 0.588. The van der Waals surface area contributed by atoms with E-state index < -0.39 is 11.7 Å². The van der Waals surface area contributed by atoms with E-state index in [1.54, 1.807) is 13.1 Å². The molecule has 24 heavy (non-hydrogen) atoms. The van der Waals surface area contributed by atoms with Crippen molar-refractivity contribution >= 4 is 5.96 Å². The van der Waals surface area contributed by atoms with Crippen molar-refractivity contribution in [2.75, 3.05) is 33.4 Å². The van der Waals surface area contributed by atoms with Crippen LogP contribution >= 0.6 is 0 Å². The summed E-state index contributed by atoms with van der Waals surface area (Å²) in [5.74, 6) is 0.733. The lowest BCUT2D eigenvalue weighted by Gasteiger charge is -2.25. The Morgan fingerprint density at radius 3 is 2.88 bits per heavy atom. The van der Waals surface area contributed by atoms with Crippen molar-refractivity contribution in [3.8, 4) is 0 Å². The summed E-state index contributed by atoms with van der Waals surface area (Å²) in [6.45, 7) is 3.69. The van der Waals surface area contributed by atoms with Gasteiger partial charge in [-0.05, 0) is 30.5 Å². The molecule has 0 saturated carbocycles. The number of guanidine groups is 1. The van der Waals surface area contributed by atoms with Crippen LogP contribution in [0.4, 0.5) is 13.2 Å². The van der Waals surface area contributed by atoms with Crippen LogP contribution in [0.2, 0.25) is 0 Å². The van der Waals surface area contributed by atoms with Crippen LogP contribution in [0.1, 0.15) is 24.0 Å². The molecule has 0 aliphatic carbocycles. The lowest BCUT2D eigenvalue weighted by Crippen LogP contribution is -2.41. The minimum atomic E-state index is -4.32. The Hall–Kier alpha value is -1.76. The highest BCUT2D eigenvalue weighted by atomic mass is 19.4. The molecule has 1 spiro atoms. The van der Waals surface area contributed by atoms with E-state index in [4.69, 9.17) is 4.74 Å². The molecule has 1 aromatic rings. The fourth-order valence-electron chi connectivity index (χ4n) is 3.46. The Bertz CT molecular complexity index is 609. The molecule has 0 radical (unpaired) electrons. The number of nitrogens with zero attached hydrogens (tertiary/aromatic N) is 2. The zero-order chi connectivity index (χ0) is 17.2. The second kappa shape index (κ2) is 6.63. The van der Waals surface area contributed by atoms with Crippen LogP contribution < -0.4 is 5.32 Å². The molecular weight excluding hydrogens is 319 g/mol. The van der Waals surface area contributed by atoms with Gasteiger partial charge in [0.2, 0.25) is 0 Å². The molecule has 4 nitrogen and oxygen atoms in total. The quantitative estimate of drug-likeness (QED) is 0.664. The molecule has 2 aliphatic rings. The molecule has 1 unspecified atom stereocenters. The molecule has 1 aromatic carbocycles. The highest BCUT2D eigenvalue weighted by Gasteiger charge is 2.42. The minimum Gasteiger partial charge on any atom is -0.381 e. The Labute approximate surface area is 139 Å². The number of aliphatic imine (C=N–C) groups is 1. The molecule has 132 valence electrons. The van der Waals surface area contributed by atoms with Gasteiger partial charge < -0.3 is 15.0 Å². The third-order valence-corrected chi connectivity index (χ3v) is 4.84. The SMILES string of the molecule is CN=C(NCc1cccc(C(F)(F)F)c1)N1CCC2(CCOC2)C1. The number of likely N-dealkylation sites (tertiary alicyclic amines) is 1. The Balaban J connectivity index is 1.61. The van der Waals surface area contributed by atoms with Crippen LogP contribution in [-0.4, -0.2) is 44.2 Å². The Kier molecular flexibility index (Phi) is 4.71. The molecule has 3 rings (SSSR count). The first kappa shape index (κ1) is 17.1. The molecule has 0 bridgehead atoms. The van der Waals surface area contributed by atoms with E-state index in [9.17, 15) is 13.2 Å². The van der Waals surface area contributed by atoms with Gasteiger partial charge in [-0.25, -0.2) is 0 Å². The maximum Gasteiger partial charge on any atom is 0.416 e. The summed E-state index contributed by atoms with van der Waals surface area (Å²) in [6, 6.07) is 5.38. The smallest absolute Gasteiger partial charge is 0.381 e. The summed E-state index contributed by atoms with van der Waals surface area (Å²) in [5, 5.41) is 3.18. The van der Waals surface area contributed by atoms with Crippen LogP contribution in [0, 0.1) is 5.41 Å². The van der Waals surface area contributed by atoms with E-state index in [1.165, 1.54) is 12.1 Å². The van der Waals surface area contributed by atoms with Gasteiger partial charge in [0.05, 0.1) is 12.2 Å². The fourth-order valence-corrected chi connectivity index (χ4v) is 3.46. The minimum absolute atomic E-state index is 0.216. The van der Waals surface area contributed by atoms with E-state index in [0.717, 1.165) is 51.2 Å². The van der Waals surface area contributed by atoms with Crippen molar-refractivity contribution in [2.24, 2.45) is 10.4 Å². The highest BCUT2D eigenvalue weighted by Crippen LogP contribution is 2.38. The monoisotopic (exact) mass is 341 g/mol. The molecular formula is C17H22F3N3O. The van der Waals surface area contributed by atoms with Gasteiger partial charge in [0.1, 0.15) is 0 Å². The average Bonchev–Trinajstić information content (AvgIpc) is 3.18. The van der Waals surface area contributed by atoms with E-state index in [-0.39, 0.29) is 5.41 Å². The van der Waals surface area contributed by atoms with Gasteiger partial charge in [-0.3, -0.25) is 4.99 Å². The maximum atomic E-state index is 12.8. The predicted molar refractivity (Wildman–Crippen MR) is 85.7 cm³/mol. The first-order chi connectivity index (χ1) is 11.4. The molecule has 2 saturated heterocycles. The zero-order valence-electron chi connectivity index (χ0n) is 13.7. The van der Waals surface area contributed by atoms with E-state index in [1.807, 2.05) is 0 Å². The summed E-state index contributed by atoms with van der Waals surface area (Å²) in [7, 11) is 1.70. The largest absolute Gasteiger partial charge is 0.416 e. The average molecular weight is 341 g/mol. The number of nitrogens with one attached hydrogen (secondary N) is 1. The van der Waals surface area contributed by atoms with Crippen LogP contribution in [0.25, 0.3) is 0 Å². The summed E-state index contributed by atoms with van der Waals surface area (Å²) >= 11 is 0. The first-order valence-electron chi connectivity index (χ1n) is 8.11. The third kappa shape index (κ3) is 3.66. The summed E-state index contributed by atoms with van der Waals surface area (Å²) < 4.78 is 43.9. The number of hydrogen-bond acceptors (Lipinski definition) is 2. The summed E-state index contributed by atoms with van der Waals surface area (Å²) in [6.07, 6.45) is -2.19. The number of alkyl halides is 3. The third-order valence-electron chi connectivity index (χ3n) is 4.84.